The highest BCUT2D eigenvalue weighted by Gasteiger charge is 2.35. The Balaban J connectivity index is 1.28. The Hall–Kier alpha value is -5.52. The van der Waals surface area contributed by atoms with E-state index in [1.807, 2.05) is 30.3 Å². The Morgan fingerprint density at radius 2 is 1.78 bits per heavy atom. The molecule has 0 spiro atoms. The Labute approximate surface area is 265 Å². The number of pyridine rings is 1. The number of rotatable bonds is 2. The van der Waals surface area contributed by atoms with Gasteiger partial charge in [-0.1, -0.05) is 24.3 Å². The molecule has 0 unspecified atom stereocenters. The Morgan fingerprint density at radius 3 is 2.59 bits per heavy atom. The average molecular weight is 623 g/mol. The number of nitrogens with zero attached hydrogens (tertiary/aromatic N) is 3. The second-order valence-corrected chi connectivity index (χ2v) is 11.5. The summed E-state index contributed by atoms with van der Waals surface area (Å²) in [6, 6.07) is 15.7. The third kappa shape index (κ3) is 7.06. The van der Waals surface area contributed by atoms with E-state index >= 15 is 0 Å². The van der Waals surface area contributed by atoms with Gasteiger partial charge in [-0.2, -0.15) is 0 Å². The number of H-pyrrole nitrogens is 1. The van der Waals surface area contributed by atoms with E-state index < -0.39 is 12.1 Å². The van der Waals surface area contributed by atoms with E-state index in [9.17, 15) is 19.2 Å². The molecule has 2 atom stereocenters. The third-order valence-electron chi connectivity index (χ3n) is 8.13. The lowest BCUT2D eigenvalue weighted by molar-refractivity contribution is -0.133. The number of aromatic amines is 1. The average Bonchev–Trinajstić information content (AvgIpc) is 3.05. The molecule has 1 saturated heterocycles. The minimum Gasteiger partial charge on any atom is -0.488 e. The predicted octanol–water partition coefficient (Wildman–Crippen LogP) is 2.48. The Kier molecular flexibility index (Phi) is 8.77. The van der Waals surface area contributed by atoms with Gasteiger partial charge in [-0.25, -0.2) is 4.98 Å². The van der Waals surface area contributed by atoms with Crippen LogP contribution in [0.1, 0.15) is 39.4 Å². The van der Waals surface area contributed by atoms with Crippen LogP contribution in [0, 0.1) is 13.8 Å². The number of likely N-dealkylation sites (tertiary alicyclic amines) is 1. The SMILES string of the molecule is Cc1nc(C)c(CC(=O)N2CC[C@@H]3Oc4ccc(cc4)CNC(=O)COc4cccc(c4)-c4cncc(c4)C(=O)N[C@@H]3C2)c(=O)[nH]1. The number of fused-ring (bicyclic) bond motifs is 7. The van der Waals surface area contributed by atoms with Crippen molar-refractivity contribution >= 4 is 17.7 Å². The quantitative estimate of drug-likeness (QED) is 0.308. The predicted molar refractivity (Wildman–Crippen MR) is 168 cm³/mol. The number of aryl methyl sites for hydroxylation is 2. The highest BCUT2D eigenvalue weighted by Crippen LogP contribution is 2.25. The number of nitrogens with one attached hydrogen (secondary N) is 3. The molecule has 3 aliphatic rings. The van der Waals surface area contributed by atoms with Crippen LogP contribution in [0.4, 0.5) is 0 Å². The van der Waals surface area contributed by atoms with Gasteiger partial charge in [0, 0.05) is 55.3 Å². The molecule has 0 saturated carbocycles. The summed E-state index contributed by atoms with van der Waals surface area (Å²) in [5, 5.41) is 5.94. The van der Waals surface area contributed by atoms with Crippen molar-refractivity contribution in [3.8, 4) is 22.6 Å². The summed E-state index contributed by atoms with van der Waals surface area (Å²) in [5.41, 5.74) is 3.16. The highest BCUT2D eigenvalue weighted by atomic mass is 16.5. The van der Waals surface area contributed by atoms with Crippen molar-refractivity contribution in [2.45, 2.75) is 45.4 Å². The first-order valence-electron chi connectivity index (χ1n) is 15.1. The summed E-state index contributed by atoms with van der Waals surface area (Å²) >= 11 is 0. The molecule has 46 heavy (non-hydrogen) atoms. The van der Waals surface area contributed by atoms with Crippen molar-refractivity contribution in [3.63, 3.8) is 0 Å². The molecule has 12 heteroatoms. The molecule has 6 bridgehead atoms. The molecule has 236 valence electrons. The third-order valence-corrected chi connectivity index (χ3v) is 8.13. The second-order valence-electron chi connectivity index (χ2n) is 11.5. The van der Waals surface area contributed by atoms with E-state index in [2.05, 4.69) is 25.6 Å². The van der Waals surface area contributed by atoms with E-state index in [0.29, 0.717) is 59.2 Å². The van der Waals surface area contributed by atoms with Crippen LogP contribution in [-0.4, -0.2) is 69.4 Å². The smallest absolute Gasteiger partial charge is 0.258 e. The van der Waals surface area contributed by atoms with Crippen LogP contribution in [0.25, 0.3) is 11.1 Å². The van der Waals surface area contributed by atoms with E-state index in [0.717, 1.165) is 11.1 Å². The van der Waals surface area contributed by atoms with Crippen LogP contribution < -0.4 is 25.7 Å². The van der Waals surface area contributed by atoms with Gasteiger partial charge >= 0.3 is 0 Å². The van der Waals surface area contributed by atoms with Gasteiger partial charge in [0.2, 0.25) is 5.91 Å². The highest BCUT2D eigenvalue weighted by molar-refractivity contribution is 5.95. The fraction of sp³-hybridized carbons (Fsp3) is 0.294. The van der Waals surface area contributed by atoms with Gasteiger partial charge in [0.15, 0.2) is 6.61 Å². The first-order chi connectivity index (χ1) is 22.2. The minimum atomic E-state index is -0.564. The summed E-state index contributed by atoms with van der Waals surface area (Å²) in [4.78, 5) is 65.0. The molecule has 2 aromatic heterocycles. The van der Waals surface area contributed by atoms with Gasteiger partial charge in [0.05, 0.1) is 18.0 Å². The Bertz CT molecular complexity index is 1840. The van der Waals surface area contributed by atoms with Gasteiger partial charge in [-0.15, -0.1) is 0 Å². The van der Waals surface area contributed by atoms with Crippen molar-refractivity contribution in [1.29, 1.82) is 0 Å². The normalized spacial score (nSPS) is 18.3. The monoisotopic (exact) mass is 622 g/mol. The standard InChI is InChI=1S/C34H34N6O6/c1-20-28(34(44)38-21(2)37-20)14-32(42)40-11-10-30-29(18-40)39-33(43)25-12-24(16-35-17-25)23-4-3-5-27(13-23)45-19-31(41)36-15-22-6-8-26(46-30)9-7-22/h3-9,12-13,16-17,29-30H,10-11,14-15,18-19H2,1-2H3,(H,36,41)(H,39,43)(H,37,38,44)/t29-,30+/m1/s1. The number of hydrogen-bond donors (Lipinski definition) is 3. The largest absolute Gasteiger partial charge is 0.488 e. The Morgan fingerprint density at radius 1 is 0.978 bits per heavy atom. The summed E-state index contributed by atoms with van der Waals surface area (Å²) < 4.78 is 12.1. The van der Waals surface area contributed by atoms with Crippen LogP contribution in [-0.2, 0) is 22.6 Å². The van der Waals surface area contributed by atoms with Gasteiger partial charge < -0.3 is 30.0 Å². The number of piperidine rings is 1. The first-order valence-corrected chi connectivity index (χ1v) is 15.1. The summed E-state index contributed by atoms with van der Waals surface area (Å²) in [7, 11) is 0. The number of amides is 3. The number of hydrogen-bond acceptors (Lipinski definition) is 8. The molecule has 0 radical (unpaired) electrons. The van der Waals surface area contributed by atoms with Gasteiger partial charge in [0.1, 0.15) is 23.4 Å². The molecule has 12 nitrogen and oxygen atoms in total. The van der Waals surface area contributed by atoms with Gasteiger partial charge in [-0.3, -0.25) is 24.2 Å². The van der Waals surface area contributed by atoms with Crippen molar-refractivity contribution in [3.05, 3.63) is 106 Å². The maximum absolute atomic E-state index is 13.6. The zero-order valence-corrected chi connectivity index (χ0v) is 25.5. The fourth-order valence-corrected chi connectivity index (χ4v) is 5.66. The molecular weight excluding hydrogens is 588 g/mol. The first kappa shape index (κ1) is 30.5. The van der Waals surface area contributed by atoms with Crippen molar-refractivity contribution in [2.24, 2.45) is 0 Å². The van der Waals surface area contributed by atoms with Crippen molar-refractivity contribution < 1.29 is 23.9 Å². The van der Waals surface area contributed by atoms with E-state index in [1.54, 1.807) is 49.2 Å². The van der Waals surface area contributed by atoms with E-state index in [-0.39, 0.29) is 42.9 Å². The van der Waals surface area contributed by atoms with Crippen LogP contribution in [0.2, 0.25) is 0 Å². The number of carbonyl (C=O) groups is 3. The fourth-order valence-electron chi connectivity index (χ4n) is 5.66. The molecule has 3 N–H and O–H groups in total. The van der Waals surface area contributed by atoms with E-state index in [1.165, 1.54) is 6.20 Å². The number of benzene rings is 2. The molecule has 1 fully saturated rings. The van der Waals surface area contributed by atoms with Crippen LogP contribution in [0.5, 0.6) is 11.5 Å². The zero-order chi connectivity index (χ0) is 32.2. The van der Waals surface area contributed by atoms with Crippen LogP contribution >= 0.6 is 0 Å². The molecular formula is C34H34N6O6. The lowest BCUT2D eigenvalue weighted by Gasteiger charge is -2.39. The molecule has 5 heterocycles. The number of aromatic nitrogens is 3. The number of ether oxygens (including phenoxy) is 2. The number of carbonyl (C=O) groups excluding carboxylic acids is 3. The van der Waals surface area contributed by atoms with Crippen LogP contribution in [0.15, 0.2) is 71.8 Å². The lowest BCUT2D eigenvalue weighted by atomic mass is 9.99. The maximum atomic E-state index is 13.6. The zero-order valence-electron chi connectivity index (χ0n) is 25.5. The summed E-state index contributed by atoms with van der Waals surface area (Å²) in [6.45, 7) is 4.14. The molecule has 2 aromatic carbocycles. The molecule has 7 rings (SSSR count). The van der Waals surface area contributed by atoms with Gasteiger partial charge in [0.25, 0.3) is 17.4 Å². The molecule has 4 aromatic rings. The molecule has 3 amide bonds. The molecule has 0 aliphatic carbocycles. The van der Waals surface area contributed by atoms with E-state index in [4.69, 9.17) is 9.47 Å². The lowest BCUT2D eigenvalue weighted by Crippen LogP contribution is -2.58. The van der Waals surface area contributed by atoms with Crippen molar-refractivity contribution in [2.75, 3.05) is 19.7 Å². The summed E-state index contributed by atoms with van der Waals surface area (Å²) in [5.74, 6) is 0.712. The van der Waals surface area contributed by atoms with Gasteiger partial charge in [-0.05, 0) is 55.3 Å². The van der Waals surface area contributed by atoms with Crippen LogP contribution in [0.3, 0.4) is 0 Å². The maximum Gasteiger partial charge on any atom is 0.258 e. The van der Waals surface area contributed by atoms with Crippen molar-refractivity contribution in [1.82, 2.24) is 30.5 Å². The minimum absolute atomic E-state index is 0.104. The topological polar surface area (TPSA) is 156 Å². The summed E-state index contributed by atoms with van der Waals surface area (Å²) in [6.07, 6.45) is 3.03. The molecule has 3 aliphatic heterocycles. The second kappa shape index (κ2) is 13.2.